The van der Waals surface area contributed by atoms with Gasteiger partial charge in [-0.3, -0.25) is 9.59 Å². The third kappa shape index (κ3) is 3.30. The molecule has 2 aliphatic heterocycles. The lowest BCUT2D eigenvalue weighted by atomic mass is 9.92. The van der Waals surface area contributed by atoms with Gasteiger partial charge in [-0.05, 0) is 56.0 Å². The van der Waals surface area contributed by atoms with Gasteiger partial charge >= 0.3 is 0 Å². The van der Waals surface area contributed by atoms with Gasteiger partial charge in [0.1, 0.15) is 0 Å². The third-order valence-electron chi connectivity index (χ3n) is 4.74. The highest BCUT2D eigenvalue weighted by Gasteiger charge is 2.31. The number of nitrogens with zero attached hydrogens (tertiary/aromatic N) is 1. The van der Waals surface area contributed by atoms with Crippen molar-refractivity contribution in [2.45, 2.75) is 19.8 Å². The van der Waals surface area contributed by atoms with Gasteiger partial charge in [-0.2, -0.15) is 0 Å². The second-order valence-electron chi connectivity index (χ2n) is 6.31. The van der Waals surface area contributed by atoms with E-state index in [1.165, 1.54) is 6.92 Å². The van der Waals surface area contributed by atoms with E-state index in [9.17, 15) is 9.59 Å². The van der Waals surface area contributed by atoms with Gasteiger partial charge in [-0.15, -0.1) is 0 Å². The van der Waals surface area contributed by atoms with Gasteiger partial charge in [-0.1, -0.05) is 6.07 Å². The predicted molar refractivity (Wildman–Crippen MR) is 85.7 cm³/mol. The van der Waals surface area contributed by atoms with Crippen molar-refractivity contribution in [3.63, 3.8) is 0 Å². The van der Waals surface area contributed by atoms with E-state index >= 15 is 0 Å². The lowest BCUT2D eigenvalue weighted by Crippen LogP contribution is -2.32. The number of hydrogen-bond donors (Lipinski definition) is 2. The summed E-state index contributed by atoms with van der Waals surface area (Å²) in [5.74, 6) is 1.37. The summed E-state index contributed by atoms with van der Waals surface area (Å²) in [6.45, 7) is 5.30. The first-order valence-electron chi connectivity index (χ1n) is 8.01. The maximum Gasteiger partial charge on any atom is 0.253 e. The highest BCUT2D eigenvalue weighted by molar-refractivity contribution is 5.96. The van der Waals surface area contributed by atoms with E-state index in [0.29, 0.717) is 23.1 Å². The molecule has 0 bridgehead atoms. The first-order chi connectivity index (χ1) is 10.6. The fourth-order valence-corrected chi connectivity index (χ4v) is 3.54. The fraction of sp³-hybridized carbons (Fsp3) is 0.529. The summed E-state index contributed by atoms with van der Waals surface area (Å²) in [6, 6.07) is 7.20. The minimum Gasteiger partial charge on any atom is -0.339 e. The fourth-order valence-electron chi connectivity index (χ4n) is 3.54. The maximum absolute atomic E-state index is 12.7. The standard InChI is InChI=1S/C17H23N3O2/c1-12(21)19-16-4-2-3-13(9-16)17(22)20-7-5-14-10-18-11-15(14)6-8-20/h2-4,9,14-15,18H,5-8,10-11H2,1H3,(H,19,21)/t14-,15+. The van der Waals surface area contributed by atoms with Crippen LogP contribution in [0.15, 0.2) is 24.3 Å². The highest BCUT2D eigenvalue weighted by Crippen LogP contribution is 2.27. The van der Waals surface area contributed by atoms with Gasteiger partial charge in [0.25, 0.3) is 5.91 Å². The average molecular weight is 301 g/mol. The quantitative estimate of drug-likeness (QED) is 0.874. The zero-order valence-electron chi connectivity index (χ0n) is 13.0. The van der Waals surface area contributed by atoms with E-state index in [2.05, 4.69) is 10.6 Å². The number of anilines is 1. The summed E-state index contributed by atoms with van der Waals surface area (Å²) in [5, 5.41) is 6.18. The molecule has 1 aromatic rings. The lowest BCUT2D eigenvalue weighted by Gasteiger charge is -2.21. The molecule has 2 saturated heterocycles. The normalized spacial score (nSPS) is 24.5. The molecule has 2 fully saturated rings. The molecule has 2 atom stereocenters. The molecular weight excluding hydrogens is 278 g/mol. The summed E-state index contributed by atoms with van der Waals surface area (Å²) in [6.07, 6.45) is 2.16. The molecule has 2 heterocycles. The Morgan fingerprint density at radius 3 is 2.50 bits per heavy atom. The van der Waals surface area contributed by atoms with Crippen LogP contribution in [0.1, 0.15) is 30.1 Å². The summed E-state index contributed by atoms with van der Waals surface area (Å²) in [4.78, 5) is 25.8. The van der Waals surface area contributed by atoms with Crippen LogP contribution >= 0.6 is 0 Å². The number of rotatable bonds is 2. The summed E-state index contributed by atoms with van der Waals surface area (Å²) in [7, 11) is 0. The molecule has 22 heavy (non-hydrogen) atoms. The van der Waals surface area contributed by atoms with Crippen molar-refractivity contribution < 1.29 is 9.59 Å². The molecule has 118 valence electrons. The smallest absolute Gasteiger partial charge is 0.253 e. The molecule has 2 aliphatic rings. The van der Waals surface area contributed by atoms with Crippen LogP contribution in [0, 0.1) is 11.8 Å². The Balaban J connectivity index is 1.69. The molecule has 5 heteroatoms. The van der Waals surface area contributed by atoms with Crippen molar-refractivity contribution in [2.75, 3.05) is 31.5 Å². The van der Waals surface area contributed by atoms with Crippen molar-refractivity contribution in [1.29, 1.82) is 0 Å². The molecule has 5 nitrogen and oxygen atoms in total. The van der Waals surface area contributed by atoms with Crippen molar-refractivity contribution in [2.24, 2.45) is 11.8 Å². The molecule has 1 aromatic carbocycles. The zero-order valence-corrected chi connectivity index (χ0v) is 13.0. The van der Waals surface area contributed by atoms with Crippen LogP contribution in [0.3, 0.4) is 0 Å². The first-order valence-corrected chi connectivity index (χ1v) is 8.01. The van der Waals surface area contributed by atoms with Gasteiger partial charge in [0.05, 0.1) is 0 Å². The van der Waals surface area contributed by atoms with Crippen molar-refractivity contribution in [1.82, 2.24) is 10.2 Å². The molecule has 2 N–H and O–H groups in total. The van der Waals surface area contributed by atoms with E-state index in [1.807, 2.05) is 17.0 Å². The molecule has 0 unspecified atom stereocenters. The number of amides is 2. The largest absolute Gasteiger partial charge is 0.339 e. The number of hydrogen-bond acceptors (Lipinski definition) is 3. The van der Waals surface area contributed by atoms with Crippen molar-refractivity contribution in [3.8, 4) is 0 Å². The van der Waals surface area contributed by atoms with Crippen LogP contribution < -0.4 is 10.6 Å². The predicted octanol–water partition coefficient (Wildman–Crippen LogP) is 1.72. The number of fused-ring (bicyclic) bond motifs is 1. The van der Waals surface area contributed by atoms with Crippen LogP contribution in [0.4, 0.5) is 5.69 Å². The number of carbonyl (C=O) groups excluding carboxylic acids is 2. The van der Waals surface area contributed by atoms with Crippen molar-refractivity contribution >= 4 is 17.5 Å². The van der Waals surface area contributed by atoms with Gasteiger partial charge in [0.15, 0.2) is 0 Å². The number of nitrogens with one attached hydrogen (secondary N) is 2. The molecular formula is C17H23N3O2. The Hall–Kier alpha value is -1.88. The molecule has 0 aromatic heterocycles. The van der Waals surface area contributed by atoms with Crippen LogP contribution in [0.25, 0.3) is 0 Å². The van der Waals surface area contributed by atoms with E-state index in [0.717, 1.165) is 39.0 Å². The molecule has 0 saturated carbocycles. The van der Waals surface area contributed by atoms with Crippen LogP contribution in [0.2, 0.25) is 0 Å². The molecule has 0 radical (unpaired) electrons. The second kappa shape index (κ2) is 6.48. The minimum absolute atomic E-state index is 0.0696. The lowest BCUT2D eigenvalue weighted by molar-refractivity contribution is -0.114. The topological polar surface area (TPSA) is 61.4 Å². The summed E-state index contributed by atoms with van der Waals surface area (Å²) < 4.78 is 0. The molecule has 3 rings (SSSR count). The number of likely N-dealkylation sites (tertiary alicyclic amines) is 1. The molecule has 0 spiro atoms. The average Bonchev–Trinajstić information content (AvgIpc) is 2.85. The minimum atomic E-state index is -0.125. The Bertz CT molecular complexity index is 559. The zero-order chi connectivity index (χ0) is 15.5. The van der Waals surface area contributed by atoms with E-state index in [-0.39, 0.29) is 11.8 Å². The van der Waals surface area contributed by atoms with Crippen molar-refractivity contribution in [3.05, 3.63) is 29.8 Å². The van der Waals surface area contributed by atoms with Gasteiger partial charge in [-0.25, -0.2) is 0 Å². The number of benzene rings is 1. The van der Waals surface area contributed by atoms with Gasteiger partial charge in [0, 0.05) is 31.3 Å². The monoisotopic (exact) mass is 301 g/mol. The SMILES string of the molecule is CC(=O)Nc1cccc(C(=O)N2CC[C@@H]3CNC[C@@H]3CC2)c1. The Kier molecular flexibility index (Phi) is 4.43. The van der Waals surface area contributed by atoms with Crippen LogP contribution in [0.5, 0.6) is 0 Å². The molecule has 2 amide bonds. The highest BCUT2D eigenvalue weighted by atomic mass is 16.2. The number of carbonyl (C=O) groups is 2. The van der Waals surface area contributed by atoms with Crippen LogP contribution in [-0.4, -0.2) is 42.9 Å². The summed E-state index contributed by atoms with van der Waals surface area (Å²) in [5.41, 5.74) is 1.32. The van der Waals surface area contributed by atoms with Crippen LogP contribution in [-0.2, 0) is 4.79 Å². The summed E-state index contributed by atoms with van der Waals surface area (Å²) >= 11 is 0. The van der Waals surface area contributed by atoms with E-state index < -0.39 is 0 Å². The molecule has 0 aliphatic carbocycles. The Morgan fingerprint density at radius 2 is 1.86 bits per heavy atom. The maximum atomic E-state index is 12.7. The Labute approximate surface area is 131 Å². The Morgan fingerprint density at radius 1 is 1.18 bits per heavy atom. The van der Waals surface area contributed by atoms with E-state index in [1.54, 1.807) is 12.1 Å². The van der Waals surface area contributed by atoms with E-state index in [4.69, 9.17) is 0 Å². The third-order valence-corrected chi connectivity index (χ3v) is 4.74. The first kappa shape index (κ1) is 15.0. The second-order valence-corrected chi connectivity index (χ2v) is 6.31. The van der Waals surface area contributed by atoms with Gasteiger partial charge in [0.2, 0.25) is 5.91 Å². The van der Waals surface area contributed by atoms with Gasteiger partial charge < -0.3 is 15.5 Å².